The first-order chi connectivity index (χ1) is 31.2. The first-order valence-corrected chi connectivity index (χ1v) is 21.7. The van der Waals surface area contributed by atoms with Gasteiger partial charge in [-0.25, -0.2) is 30.4 Å². The van der Waals surface area contributed by atoms with Crippen LogP contribution in [0.1, 0.15) is 43.4 Å². The number of aliphatic carboxylic acids is 1. The minimum atomic E-state index is -1.14. The van der Waals surface area contributed by atoms with Gasteiger partial charge in [0.15, 0.2) is 5.13 Å². The van der Waals surface area contributed by atoms with Crippen molar-refractivity contribution < 1.29 is 43.7 Å². The number of amides is 4. The van der Waals surface area contributed by atoms with Gasteiger partial charge in [-0.2, -0.15) is 0 Å². The van der Waals surface area contributed by atoms with Crippen LogP contribution in [0.25, 0.3) is 21.0 Å². The highest BCUT2D eigenvalue weighted by atomic mass is 35.5. The lowest BCUT2D eigenvalue weighted by Gasteiger charge is -2.30. The molecule has 0 aliphatic carbocycles. The van der Waals surface area contributed by atoms with Crippen molar-refractivity contribution in [2.75, 3.05) is 30.5 Å². The van der Waals surface area contributed by atoms with Gasteiger partial charge in [-0.15, -0.1) is 0 Å². The molecule has 6 N–H and O–H groups in total. The number of thiazole rings is 1. The Morgan fingerprint density at radius 3 is 1.88 bits per heavy atom. The molecule has 4 amide bonds. The van der Waals surface area contributed by atoms with E-state index in [2.05, 4.69) is 31.5 Å². The van der Waals surface area contributed by atoms with Crippen molar-refractivity contribution in [1.29, 1.82) is 0 Å². The van der Waals surface area contributed by atoms with E-state index in [0.29, 0.717) is 27.5 Å². The molecule has 2 atom stereocenters. The topological polar surface area (TPSA) is 225 Å². The average molecular weight is 948 g/mol. The van der Waals surface area contributed by atoms with Gasteiger partial charge in [0.2, 0.25) is 11.8 Å². The van der Waals surface area contributed by atoms with Crippen molar-refractivity contribution in [3.63, 3.8) is 0 Å². The standard InChI is InChI=1S/C23H25ClN4O4.C22H23ClN4O5S/c1-16(30)28(26-14-19-8-4-5-9-21(19)24)20(10-11-29)15-32-23(31)27-22-12-17-6-2-3-7-18(17)13-25-22;1-13-7-8-18-19(9-13)33-21(25-18)26-22(31)32-12-16(10-20(29)30)27(14(2)28)24-11-15-5-3-4-6-17(15)23/h2-9,12-13,20,26,29H,10-11,14-15H2,1H3,(H,25,27,31);3-9,16,24H,10-12H2,1-2H3,(H,29,30)(H,25,26,31)/t20-;16-/m00/s1. The number of fused-ring (bicyclic) bond motifs is 2. The SMILES string of the molecule is CC(=O)N(NCc1ccccc1Cl)[C@@H](CCO)COC(=O)Nc1cc2ccccc2cn1.CC(=O)N(NCc1ccccc1Cl)[C@H](COC(=O)Nc1nc2ccc(C)cc2s1)CC(=O)O. The quantitative estimate of drug-likeness (QED) is 0.0451. The zero-order chi connectivity index (χ0) is 46.9. The molecule has 0 aliphatic heterocycles. The summed E-state index contributed by atoms with van der Waals surface area (Å²) >= 11 is 13.6. The van der Waals surface area contributed by atoms with Crippen molar-refractivity contribution >= 4 is 96.4 Å². The van der Waals surface area contributed by atoms with Gasteiger partial charge in [0.05, 0.1) is 28.7 Å². The van der Waals surface area contributed by atoms with Crippen LogP contribution in [-0.4, -0.2) is 92.1 Å². The second-order valence-corrected chi connectivity index (χ2v) is 16.2. The van der Waals surface area contributed by atoms with E-state index < -0.39 is 42.6 Å². The number of rotatable bonds is 18. The summed E-state index contributed by atoms with van der Waals surface area (Å²) in [6.45, 7) is 4.50. The molecule has 0 aliphatic rings. The third-order valence-electron chi connectivity index (χ3n) is 9.50. The highest BCUT2D eigenvalue weighted by Gasteiger charge is 2.27. The van der Waals surface area contributed by atoms with Gasteiger partial charge >= 0.3 is 18.2 Å². The van der Waals surface area contributed by atoms with Crippen LogP contribution in [0.15, 0.2) is 103 Å². The maximum atomic E-state index is 12.3. The van der Waals surface area contributed by atoms with Crippen molar-refractivity contribution in [2.45, 2.75) is 58.8 Å². The fourth-order valence-electron chi connectivity index (χ4n) is 6.33. The Morgan fingerprint density at radius 2 is 1.29 bits per heavy atom. The highest BCUT2D eigenvalue weighted by molar-refractivity contribution is 7.22. The summed E-state index contributed by atoms with van der Waals surface area (Å²) < 4.78 is 11.5. The molecule has 6 rings (SSSR count). The largest absolute Gasteiger partial charge is 0.481 e. The molecule has 0 unspecified atom stereocenters. The molecule has 17 nitrogen and oxygen atoms in total. The summed E-state index contributed by atoms with van der Waals surface area (Å²) in [5, 5.41) is 29.7. The highest BCUT2D eigenvalue weighted by Crippen LogP contribution is 2.27. The number of hydrogen-bond donors (Lipinski definition) is 6. The fraction of sp³-hybridized carbons (Fsp3) is 0.267. The number of hydrogen-bond acceptors (Lipinski definition) is 13. The third kappa shape index (κ3) is 15.4. The van der Waals surface area contributed by atoms with Crippen molar-refractivity contribution in [3.05, 3.63) is 130 Å². The van der Waals surface area contributed by atoms with Crippen LogP contribution in [0.3, 0.4) is 0 Å². The molecule has 6 aromatic rings. The second kappa shape index (κ2) is 24.6. The Morgan fingerprint density at radius 1 is 0.738 bits per heavy atom. The number of aliphatic hydroxyl groups is 1. The van der Waals surface area contributed by atoms with E-state index in [1.54, 1.807) is 42.6 Å². The molecule has 20 heteroatoms. The van der Waals surface area contributed by atoms with Gasteiger partial charge in [-0.1, -0.05) is 101 Å². The number of carboxylic acid groups (broad SMARTS) is 1. The maximum absolute atomic E-state index is 12.3. The first-order valence-electron chi connectivity index (χ1n) is 20.2. The summed E-state index contributed by atoms with van der Waals surface area (Å²) in [6, 6.07) is 28.0. The van der Waals surface area contributed by atoms with Gasteiger partial charge in [0.25, 0.3) is 0 Å². The first kappa shape index (κ1) is 49.6. The van der Waals surface area contributed by atoms with E-state index in [-0.39, 0.29) is 38.7 Å². The number of aryl methyl sites for hydroxylation is 1. The molecule has 2 heterocycles. The number of pyridine rings is 1. The number of anilines is 2. The number of carboxylic acids is 1. The fourth-order valence-corrected chi connectivity index (χ4v) is 7.68. The Hall–Kier alpha value is -6.41. The van der Waals surface area contributed by atoms with Crippen molar-refractivity contribution in [2.24, 2.45) is 0 Å². The smallest absolute Gasteiger partial charge is 0.413 e. The lowest BCUT2D eigenvalue weighted by Crippen LogP contribution is -2.51. The minimum absolute atomic E-state index is 0.116. The Bertz CT molecular complexity index is 2600. The van der Waals surface area contributed by atoms with Gasteiger partial charge in [0.1, 0.15) is 19.0 Å². The number of ether oxygens (including phenoxy) is 2. The van der Waals surface area contributed by atoms with Gasteiger partial charge < -0.3 is 19.7 Å². The molecule has 0 bridgehead atoms. The predicted octanol–water partition coefficient (Wildman–Crippen LogP) is 7.94. The lowest BCUT2D eigenvalue weighted by atomic mass is 10.2. The number of nitrogens with one attached hydrogen (secondary N) is 4. The van der Waals surface area contributed by atoms with Crippen LogP contribution in [0.4, 0.5) is 20.5 Å². The number of aromatic nitrogens is 2. The van der Waals surface area contributed by atoms with Crippen LogP contribution < -0.4 is 21.5 Å². The average Bonchev–Trinajstić information content (AvgIpc) is 3.66. The monoisotopic (exact) mass is 946 g/mol. The molecule has 342 valence electrons. The van der Waals surface area contributed by atoms with E-state index in [9.17, 15) is 34.2 Å². The summed E-state index contributed by atoms with van der Waals surface area (Å²) in [6.07, 6.45) is -0.0456. The molecule has 0 fully saturated rings. The molecular formula is C45H48Cl2N8O9S. The molecular weight excluding hydrogens is 900 g/mol. The summed E-state index contributed by atoms with van der Waals surface area (Å²) in [5.74, 6) is -1.50. The Balaban J connectivity index is 0.000000244. The number of nitrogens with zero attached hydrogens (tertiary/aromatic N) is 4. The molecule has 2 aromatic heterocycles. The molecule has 0 radical (unpaired) electrons. The van der Waals surface area contributed by atoms with Gasteiger partial charge in [-0.05, 0) is 65.8 Å². The van der Waals surface area contributed by atoms with E-state index >= 15 is 0 Å². The zero-order valence-corrected chi connectivity index (χ0v) is 38.0. The molecule has 0 saturated heterocycles. The summed E-state index contributed by atoms with van der Waals surface area (Å²) in [4.78, 5) is 68.9. The minimum Gasteiger partial charge on any atom is -0.481 e. The molecule has 0 saturated carbocycles. The van der Waals surface area contributed by atoms with Crippen molar-refractivity contribution in [1.82, 2.24) is 30.8 Å². The predicted molar refractivity (Wildman–Crippen MR) is 249 cm³/mol. The summed E-state index contributed by atoms with van der Waals surface area (Å²) in [7, 11) is 0. The number of carbonyl (C=O) groups excluding carboxylic acids is 4. The van der Waals surface area contributed by atoms with E-state index in [0.717, 1.165) is 42.7 Å². The molecule has 4 aromatic carbocycles. The van der Waals surface area contributed by atoms with E-state index in [4.69, 9.17) is 32.7 Å². The third-order valence-corrected chi connectivity index (χ3v) is 11.2. The van der Waals surface area contributed by atoms with Crippen molar-refractivity contribution in [3.8, 4) is 0 Å². The number of aliphatic hydroxyl groups excluding tert-OH is 1. The van der Waals surface area contributed by atoms with Crippen LogP contribution in [0.2, 0.25) is 10.0 Å². The van der Waals surface area contributed by atoms with Gasteiger partial charge in [0, 0.05) is 55.2 Å². The molecule has 0 spiro atoms. The number of benzene rings is 4. The lowest BCUT2D eigenvalue weighted by molar-refractivity contribution is -0.143. The Kier molecular flexibility index (Phi) is 18.8. The van der Waals surface area contributed by atoms with E-state index in [1.807, 2.05) is 67.6 Å². The van der Waals surface area contributed by atoms with E-state index in [1.165, 1.54) is 30.2 Å². The van der Waals surface area contributed by atoms with Crippen LogP contribution in [-0.2, 0) is 36.9 Å². The maximum Gasteiger partial charge on any atom is 0.413 e. The zero-order valence-electron chi connectivity index (χ0n) is 35.6. The van der Waals surface area contributed by atoms with Gasteiger partial charge in [-0.3, -0.25) is 35.0 Å². The number of carbonyl (C=O) groups is 5. The molecule has 65 heavy (non-hydrogen) atoms. The second-order valence-electron chi connectivity index (χ2n) is 14.4. The van der Waals surface area contributed by atoms with Crippen LogP contribution in [0.5, 0.6) is 0 Å². The Labute approximate surface area is 388 Å². The van der Waals surface area contributed by atoms with Crippen LogP contribution in [0, 0.1) is 6.92 Å². The van der Waals surface area contributed by atoms with Crippen LogP contribution >= 0.6 is 34.5 Å². The normalized spacial score (nSPS) is 11.7. The number of halogens is 2. The summed E-state index contributed by atoms with van der Waals surface area (Å²) in [5.41, 5.74) is 9.27. The number of hydrazine groups is 2.